The summed E-state index contributed by atoms with van der Waals surface area (Å²) in [5, 5.41) is 8.06. The van der Waals surface area contributed by atoms with Gasteiger partial charge in [0.2, 0.25) is 17.7 Å². The van der Waals surface area contributed by atoms with Gasteiger partial charge < -0.3 is 24.7 Å². The van der Waals surface area contributed by atoms with Crippen LogP contribution in [0.2, 0.25) is 0 Å². The number of carbonyl (C=O) groups is 1. The molecule has 10 nitrogen and oxygen atoms in total. The molecule has 4 aromatic heterocycles. The van der Waals surface area contributed by atoms with E-state index in [0.717, 1.165) is 22.0 Å². The number of aromatic nitrogens is 4. The predicted octanol–water partition coefficient (Wildman–Crippen LogP) is 5.14. The molecule has 1 atom stereocenters. The first-order chi connectivity index (χ1) is 18.0. The smallest absolute Gasteiger partial charge is 0.229 e. The zero-order valence-corrected chi connectivity index (χ0v) is 20.6. The minimum atomic E-state index is -0.198. The molecule has 0 radical (unpaired) electrons. The first-order valence-corrected chi connectivity index (χ1v) is 12.0. The van der Waals surface area contributed by atoms with E-state index in [9.17, 15) is 4.79 Å². The summed E-state index contributed by atoms with van der Waals surface area (Å²) in [5.74, 6) is 2.76. The molecule has 0 saturated heterocycles. The maximum absolute atomic E-state index is 12.9. The van der Waals surface area contributed by atoms with E-state index in [1.165, 1.54) is 0 Å². The fraction of sp³-hybridized carbons (Fsp3) is 0.222. The first kappa shape index (κ1) is 22.7. The number of amides is 1. The Labute approximate surface area is 212 Å². The molecule has 0 aliphatic carbocycles. The lowest BCUT2D eigenvalue weighted by molar-refractivity contribution is -0.118. The van der Waals surface area contributed by atoms with E-state index in [4.69, 9.17) is 14.1 Å². The number of pyridine rings is 3. The average Bonchev–Trinajstić information content (AvgIpc) is 3.33. The Hall–Kier alpha value is -4.73. The second-order valence-electron chi connectivity index (χ2n) is 8.96. The maximum Gasteiger partial charge on any atom is 0.229 e. The molecule has 0 saturated carbocycles. The Kier molecular flexibility index (Phi) is 5.56. The number of benzene rings is 1. The summed E-state index contributed by atoms with van der Waals surface area (Å²) in [6, 6.07) is 13.0. The Morgan fingerprint density at radius 3 is 2.81 bits per heavy atom. The van der Waals surface area contributed by atoms with Crippen LogP contribution in [0.15, 0.2) is 59.3 Å². The van der Waals surface area contributed by atoms with Gasteiger partial charge in [-0.15, -0.1) is 0 Å². The molecule has 5 heterocycles. The number of carbonyl (C=O) groups excluding carboxylic acids is 1. The number of fused-ring (bicyclic) bond motifs is 6. The Morgan fingerprint density at radius 1 is 1.05 bits per heavy atom. The Bertz CT molecular complexity index is 1650. The van der Waals surface area contributed by atoms with E-state index < -0.39 is 0 Å². The minimum Gasteiger partial charge on any atom is -0.475 e. The zero-order chi connectivity index (χ0) is 25.5. The van der Waals surface area contributed by atoms with Crippen LogP contribution in [-0.4, -0.2) is 46.0 Å². The van der Waals surface area contributed by atoms with Gasteiger partial charge in [-0.2, -0.15) is 4.98 Å². The van der Waals surface area contributed by atoms with Crippen molar-refractivity contribution in [2.24, 2.45) is 0 Å². The lowest BCUT2D eigenvalue weighted by Gasteiger charge is -2.19. The number of hydrogen-bond acceptors (Lipinski definition) is 9. The molecule has 1 aliphatic rings. The summed E-state index contributed by atoms with van der Waals surface area (Å²) >= 11 is 0. The lowest BCUT2D eigenvalue weighted by atomic mass is 10.1. The van der Waals surface area contributed by atoms with Crippen LogP contribution in [0.5, 0.6) is 5.88 Å². The molecule has 0 fully saturated rings. The average molecular weight is 496 g/mol. The number of nitrogens with one attached hydrogen (secondary N) is 2. The fourth-order valence-electron chi connectivity index (χ4n) is 4.40. The topological polar surface area (TPSA) is 118 Å². The second kappa shape index (κ2) is 9.05. The number of nitrogens with zero attached hydrogens (tertiary/aromatic N) is 5. The molecule has 0 unspecified atom stereocenters. The van der Waals surface area contributed by atoms with Crippen LogP contribution in [0.4, 0.5) is 23.1 Å². The van der Waals surface area contributed by atoms with E-state index in [-0.39, 0.29) is 12.0 Å². The zero-order valence-electron chi connectivity index (χ0n) is 20.6. The molecule has 2 N–H and O–H groups in total. The van der Waals surface area contributed by atoms with Crippen molar-refractivity contribution in [2.75, 3.05) is 29.6 Å². The highest BCUT2D eigenvalue weighted by molar-refractivity contribution is 6.02. The van der Waals surface area contributed by atoms with Crippen LogP contribution in [-0.2, 0) is 4.79 Å². The van der Waals surface area contributed by atoms with Crippen molar-refractivity contribution in [1.82, 2.24) is 19.9 Å². The van der Waals surface area contributed by atoms with E-state index in [2.05, 4.69) is 25.6 Å². The van der Waals surface area contributed by atoms with Crippen molar-refractivity contribution in [3.63, 3.8) is 0 Å². The normalized spacial score (nSPS) is 15.9. The van der Waals surface area contributed by atoms with Crippen LogP contribution in [0, 0.1) is 0 Å². The number of anilines is 4. The first-order valence-electron chi connectivity index (χ1n) is 12.0. The van der Waals surface area contributed by atoms with Gasteiger partial charge in [0.15, 0.2) is 5.58 Å². The van der Waals surface area contributed by atoms with Gasteiger partial charge in [-0.05, 0) is 43.7 Å². The van der Waals surface area contributed by atoms with Crippen molar-refractivity contribution in [3.8, 4) is 17.3 Å². The third-order valence-electron chi connectivity index (χ3n) is 6.44. The standard InChI is InChI=1S/C27H25N7O3/c1-15-7-10-25(35)34(3)16-8-9-21-20(11-16)31-27(37-21)19-14-30-26(28-2)18-13-29-23(12-17(18)19)32-22-5-4-6-24(33-22)36-15/h4-6,8-9,11-15H,7,10H2,1-3H3,(H,28,30)(H,29,32,33)/t15-/m1/s1. The lowest BCUT2D eigenvalue weighted by Crippen LogP contribution is -2.27. The molecular formula is C27H25N7O3. The fourth-order valence-corrected chi connectivity index (χ4v) is 4.40. The van der Waals surface area contributed by atoms with Crippen molar-refractivity contribution < 1.29 is 13.9 Å². The number of hydrogen-bond donors (Lipinski definition) is 2. The summed E-state index contributed by atoms with van der Waals surface area (Å²) < 4.78 is 12.1. The quantitative estimate of drug-likeness (QED) is 0.326. The molecule has 10 heteroatoms. The summed E-state index contributed by atoms with van der Waals surface area (Å²) in [6.45, 7) is 1.93. The molecule has 1 aliphatic heterocycles. The molecule has 0 spiro atoms. The molecule has 7 bridgehead atoms. The maximum atomic E-state index is 12.9. The monoisotopic (exact) mass is 495 g/mol. The molecule has 5 aromatic rings. The molecule has 186 valence electrons. The van der Waals surface area contributed by atoms with Crippen LogP contribution in [0.1, 0.15) is 19.8 Å². The van der Waals surface area contributed by atoms with Crippen molar-refractivity contribution >= 4 is 50.9 Å². The second-order valence-corrected chi connectivity index (χ2v) is 8.96. The number of rotatable bonds is 1. The van der Waals surface area contributed by atoms with Crippen molar-refractivity contribution in [2.45, 2.75) is 25.9 Å². The van der Waals surface area contributed by atoms with Gasteiger partial charge in [0.1, 0.15) is 23.0 Å². The van der Waals surface area contributed by atoms with E-state index in [0.29, 0.717) is 53.2 Å². The van der Waals surface area contributed by atoms with Gasteiger partial charge >= 0.3 is 0 Å². The van der Waals surface area contributed by atoms with E-state index in [1.807, 2.05) is 50.4 Å². The van der Waals surface area contributed by atoms with E-state index >= 15 is 0 Å². The highest BCUT2D eigenvalue weighted by Crippen LogP contribution is 2.35. The van der Waals surface area contributed by atoms with Crippen LogP contribution >= 0.6 is 0 Å². The number of ether oxygens (including phenoxy) is 1. The van der Waals surface area contributed by atoms with Gasteiger partial charge in [0.05, 0.1) is 11.7 Å². The van der Waals surface area contributed by atoms with Crippen molar-refractivity contribution in [3.05, 3.63) is 54.9 Å². The molecular weight excluding hydrogens is 470 g/mol. The largest absolute Gasteiger partial charge is 0.475 e. The van der Waals surface area contributed by atoms with Gasteiger partial charge in [-0.3, -0.25) is 4.79 Å². The van der Waals surface area contributed by atoms with Gasteiger partial charge in [0.25, 0.3) is 0 Å². The third-order valence-corrected chi connectivity index (χ3v) is 6.44. The summed E-state index contributed by atoms with van der Waals surface area (Å²) in [5.41, 5.74) is 2.73. The van der Waals surface area contributed by atoms with Crippen LogP contribution in [0.3, 0.4) is 0 Å². The third kappa shape index (κ3) is 4.26. The summed E-state index contributed by atoms with van der Waals surface area (Å²) in [6.07, 6.45) is 4.17. The predicted molar refractivity (Wildman–Crippen MR) is 142 cm³/mol. The highest BCUT2D eigenvalue weighted by Gasteiger charge is 2.19. The number of oxazole rings is 1. The minimum absolute atomic E-state index is 0.0181. The Balaban J connectivity index is 1.53. The van der Waals surface area contributed by atoms with Gasteiger partial charge in [-0.25, -0.2) is 15.0 Å². The summed E-state index contributed by atoms with van der Waals surface area (Å²) in [7, 11) is 3.58. The SMILES string of the molecule is CNc1ncc2c3cc(ncc13)Nc1cccc(n1)O[C@H](C)CCC(=O)N(C)c1ccc3oc-2nc3c1. The molecule has 1 amide bonds. The van der Waals surface area contributed by atoms with Gasteiger partial charge in [-0.1, -0.05) is 6.07 Å². The van der Waals surface area contributed by atoms with Gasteiger partial charge in [0, 0.05) is 55.4 Å². The molecule has 1 aromatic carbocycles. The van der Waals surface area contributed by atoms with Crippen LogP contribution in [0.25, 0.3) is 33.3 Å². The van der Waals surface area contributed by atoms with Crippen molar-refractivity contribution in [1.29, 1.82) is 0 Å². The highest BCUT2D eigenvalue weighted by atomic mass is 16.5. The molecule has 37 heavy (non-hydrogen) atoms. The summed E-state index contributed by atoms with van der Waals surface area (Å²) in [4.78, 5) is 33.0. The van der Waals surface area contributed by atoms with Crippen LogP contribution < -0.4 is 20.3 Å². The Morgan fingerprint density at radius 2 is 1.95 bits per heavy atom. The molecule has 6 rings (SSSR count). The van der Waals surface area contributed by atoms with E-state index in [1.54, 1.807) is 30.4 Å².